The van der Waals surface area contributed by atoms with E-state index in [2.05, 4.69) is 10.4 Å². The SMILES string of the molecule is CC(=O)C(NC(=O)Cn1cc([N+](=O)[O-])cn1)C(C)C. The van der Waals surface area contributed by atoms with Crippen LogP contribution in [0.25, 0.3) is 0 Å². The van der Waals surface area contributed by atoms with Gasteiger partial charge in [-0.1, -0.05) is 13.8 Å². The summed E-state index contributed by atoms with van der Waals surface area (Å²) < 4.78 is 1.16. The third-order valence-corrected chi connectivity index (χ3v) is 2.56. The highest BCUT2D eigenvalue weighted by Crippen LogP contribution is 2.08. The molecule has 8 nitrogen and oxygen atoms in total. The topological polar surface area (TPSA) is 107 Å². The van der Waals surface area contributed by atoms with Gasteiger partial charge >= 0.3 is 5.69 Å². The van der Waals surface area contributed by atoms with Gasteiger partial charge in [0, 0.05) is 0 Å². The Hall–Kier alpha value is -2.25. The van der Waals surface area contributed by atoms with E-state index in [9.17, 15) is 19.7 Å². The molecule has 0 bridgehead atoms. The highest BCUT2D eigenvalue weighted by Gasteiger charge is 2.21. The second kappa shape index (κ2) is 6.07. The second-order valence-corrected chi connectivity index (χ2v) is 4.55. The molecule has 0 aliphatic carbocycles. The predicted octanol–water partition coefficient (Wildman–Crippen LogP) is 0.521. The van der Waals surface area contributed by atoms with Gasteiger partial charge in [0.1, 0.15) is 18.9 Å². The molecule has 1 aromatic rings. The van der Waals surface area contributed by atoms with E-state index in [1.165, 1.54) is 6.92 Å². The van der Waals surface area contributed by atoms with Crippen LogP contribution < -0.4 is 5.32 Å². The minimum atomic E-state index is -0.589. The van der Waals surface area contributed by atoms with E-state index in [0.29, 0.717) is 0 Å². The average Bonchev–Trinajstić information content (AvgIpc) is 2.73. The number of Topliss-reactive ketones (excluding diaryl/α,β-unsaturated/α-hetero) is 1. The molecule has 104 valence electrons. The zero-order chi connectivity index (χ0) is 14.6. The van der Waals surface area contributed by atoms with Crippen molar-refractivity contribution in [2.75, 3.05) is 0 Å². The summed E-state index contributed by atoms with van der Waals surface area (Å²) in [5.74, 6) is -0.560. The van der Waals surface area contributed by atoms with Gasteiger partial charge in [0.25, 0.3) is 0 Å². The van der Waals surface area contributed by atoms with Crippen molar-refractivity contribution < 1.29 is 14.5 Å². The first-order valence-corrected chi connectivity index (χ1v) is 5.78. The quantitative estimate of drug-likeness (QED) is 0.597. The predicted molar refractivity (Wildman–Crippen MR) is 66.3 cm³/mol. The zero-order valence-electron chi connectivity index (χ0n) is 11.0. The summed E-state index contributed by atoms with van der Waals surface area (Å²) in [5.41, 5.74) is -0.181. The first-order valence-electron chi connectivity index (χ1n) is 5.78. The van der Waals surface area contributed by atoms with Gasteiger partial charge < -0.3 is 5.32 Å². The molecule has 0 saturated carbocycles. The van der Waals surface area contributed by atoms with Crippen LogP contribution in [0.5, 0.6) is 0 Å². The number of nitrogens with one attached hydrogen (secondary N) is 1. The zero-order valence-corrected chi connectivity index (χ0v) is 11.0. The van der Waals surface area contributed by atoms with Crippen molar-refractivity contribution in [2.24, 2.45) is 5.92 Å². The van der Waals surface area contributed by atoms with Crippen LogP contribution in [0.2, 0.25) is 0 Å². The van der Waals surface area contributed by atoms with E-state index in [1.54, 1.807) is 0 Å². The maximum absolute atomic E-state index is 11.7. The monoisotopic (exact) mass is 268 g/mol. The lowest BCUT2D eigenvalue weighted by molar-refractivity contribution is -0.385. The third kappa shape index (κ3) is 4.16. The third-order valence-electron chi connectivity index (χ3n) is 2.56. The Labute approximate surface area is 109 Å². The Morgan fingerprint density at radius 3 is 2.58 bits per heavy atom. The lowest BCUT2D eigenvalue weighted by atomic mass is 10.0. The fraction of sp³-hybridized carbons (Fsp3) is 0.545. The molecule has 1 N–H and O–H groups in total. The minimum absolute atomic E-state index is 0.0200. The number of nitro groups is 1. The van der Waals surface area contributed by atoms with Gasteiger partial charge in [0.2, 0.25) is 5.91 Å². The van der Waals surface area contributed by atoms with Crippen LogP contribution >= 0.6 is 0 Å². The van der Waals surface area contributed by atoms with Crippen molar-refractivity contribution >= 4 is 17.4 Å². The molecule has 0 fully saturated rings. The standard InChI is InChI=1S/C11H16N4O4/c1-7(2)11(8(3)16)13-10(17)6-14-5-9(4-12-14)15(18)19/h4-5,7,11H,6H2,1-3H3,(H,13,17). The Balaban J connectivity index is 2.63. The second-order valence-electron chi connectivity index (χ2n) is 4.55. The van der Waals surface area contributed by atoms with E-state index >= 15 is 0 Å². The lowest BCUT2D eigenvalue weighted by Crippen LogP contribution is -2.44. The molecule has 0 aromatic carbocycles. The molecule has 0 saturated heterocycles. The molecular formula is C11H16N4O4. The largest absolute Gasteiger partial charge is 0.344 e. The summed E-state index contributed by atoms with van der Waals surface area (Å²) in [4.78, 5) is 32.9. The summed E-state index contributed by atoms with van der Waals surface area (Å²) in [6.07, 6.45) is 2.23. The first kappa shape index (κ1) is 14.8. The smallest absolute Gasteiger partial charge is 0.307 e. The molecule has 1 amide bonds. The maximum atomic E-state index is 11.7. The fourth-order valence-electron chi connectivity index (χ4n) is 1.64. The Morgan fingerprint density at radius 1 is 1.53 bits per heavy atom. The van der Waals surface area contributed by atoms with Crippen LogP contribution in [0.15, 0.2) is 12.4 Å². The number of rotatable bonds is 6. The van der Waals surface area contributed by atoms with E-state index in [1.807, 2.05) is 13.8 Å². The minimum Gasteiger partial charge on any atom is -0.344 e. The van der Waals surface area contributed by atoms with Crippen molar-refractivity contribution in [3.8, 4) is 0 Å². The molecule has 0 aliphatic heterocycles. The molecule has 8 heteroatoms. The average molecular weight is 268 g/mol. The van der Waals surface area contributed by atoms with E-state index < -0.39 is 16.9 Å². The highest BCUT2D eigenvalue weighted by atomic mass is 16.6. The van der Waals surface area contributed by atoms with Gasteiger partial charge in [-0.15, -0.1) is 0 Å². The van der Waals surface area contributed by atoms with Crippen LogP contribution in [0, 0.1) is 16.0 Å². The number of nitrogens with zero attached hydrogens (tertiary/aromatic N) is 3. The molecular weight excluding hydrogens is 252 g/mol. The van der Waals surface area contributed by atoms with Crippen molar-refractivity contribution in [2.45, 2.75) is 33.4 Å². The number of carbonyl (C=O) groups excluding carboxylic acids is 2. The van der Waals surface area contributed by atoms with E-state index in [0.717, 1.165) is 17.1 Å². The number of carbonyl (C=O) groups is 2. The van der Waals surface area contributed by atoms with Crippen LogP contribution in [-0.4, -0.2) is 32.4 Å². The Bertz CT molecular complexity index is 495. The Morgan fingerprint density at radius 2 is 2.16 bits per heavy atom. The van der Waals surface area contributed by atoms with Crippen LogP contribution in [-0.2, 0) is 16.1 Å². The van der Waals surface area contributed by atoms with Crippen molar-refractivity contribution in [1.29, 1.82) is 0 Å². The van der Waals surface area contributed by atoms with E-state index in [-0.39, 0.29) is 23.9 Å². The van der Waals surface area contributed by atoms with Crippen LogP contribution in [0.3, 0.4) is 0 Å². The molecule has 19 heavy (non-hydrogen) atoms. The number of amides is 1. The number of aromatic nitrogens is 2. The van der Waals surface area contributed by atoms with Gasteiger partial charge in [-0.05, 0) is 12.8 Å². The fourth-order valence-corrected chi connectivity index (χ4v) is 1.64. The summed E-state index contributed by atoms with van der Waals surface area (Å²) >= 11 is 0. The van der Waals surface area contributed by atoms with Crippen molar-refractivity contribution in [3.63, 3.8) is 0 Å². The first-order chi connectivity index (χ1) is 8.81. The summed E-state index contributed by atoms with van der Waals surface area (Å²) in [5, 5.41) is 16.8. The van der Waals surface area contributed by atoms with Gasteiger partial charge in [-0.3, -0.25) is 24.4 Å². The number of hydrogen-bond acceptors (Lipinski definition) is 5. The molecule has 1 heterocycles. The van der Waals surface area contributed by atoms with Crippen LogP contribution in [0.4, 0.5) is 5.69 Å². The molecule has 0 radical (unpaired) electrons. The number of hydrogen-bond donors (Lipinski definition) is 1. The van der Waals surface area contributed by atoms with Gasteiger partial charge in [-0.2, -0.15) is 5.10 Å². The summed E-state index contributed by atoms with van der Waals surface area (Å²) in [6, 6.07) is -0.557. The highest BCUT2D eigenvalue weighted by molar-refractivity contribution is 5.87. The maximum Gasteiger partial charge on any atom is 0.307 e. The van der Waals surface area contributed by atoms with Crippen molar-refractivity contribution in [1.82, 2.24) is 15.1 Å². The summed E-state index contributed by atoms with van der Waals surface area (Å²) in [6.45, 7) is 4.89. The normalized spacial score (nSPS) is 12.2. The Kier molecular flexibility index (Phi) is 4.74. The molecule has 0 aliphatic rings. The van der Waals surface area contributed by atoms with Gasteiger partial charge in [0.15, 0.2) is 5.78 Å². The lowest BCUT2D eigenvalue weighted by Gasteiger charge is -2.19. The van der Waals surface area contributed by atoms with E-state index in [4.69, 9.17) is 0 Å². The molecule has 1 rings (SSSR count). The summed E-state index contributed by atoms with van der Waals surface area (Å²) in [7, 11) is 0. The number of ketones is 1. The molecule has 1 unspecified atom stereocenters. The van der Waals surface area contributed by atoms with Crippen LogP contribution in [0.1, 0.15) is 20.8 Å². The van der Waals surface area contributed by atoms with Crippen molar-refractivity contribution in [3.05, 3.63) is 22.5 Å². The van der Waals surface area contributed by atoms with Gasteiger partial charge in [0.05, 0.1) is 11.0 Å². The molecule has 0 spiro atoms. The van der Waals surface area contributed by atoms with Gasteiger partial charge in [-0.25, -0.2) is 0 Å². The molecule has 1 aromatic heterocycles. The molecule has 1 atom stereocenters.